The van der Waals surface area contributed by atoms with Crippen LogP contribution in [-0.4, -0.2) is 28.6 Å². The summed E-state index contributed by atoms with van der Waals surface area (Å²) in [5.74, 6) is 0.154. The molecule has 0 aliphatic carbocycles. The third-order valence-corrected chi connectivity index (χ3v) is 4.12. The van der Waals surface area contributed by atoms with Gasteiger partial charge < -0.3 is 14.6 Å². The smallest absolute Gasteiger partial charge is 0.226 e. The van der Waals surface area contributed by atoms with Gasteiger partial charge in [0.05, 0.1) is 18.7 Å². The molecular weight excluding hydrogens is 329 g/mol. The first-order valence-corrected chi connectivity index (χ1v) is 8.31. The Kier molecular flexibility index (Phi) is 5.22. The molecule has 0 saturated heterocycles. The molecular formula is C17H16FN3O2S. The number of aromatic nitrogens is 2. The van der Waals surface area contributed by atoms with Crippen LogP contribution < -0.4 is 10.1 Å². The first kappa shape index (κ1) is 16.2. The molecule has 0 fully saturated rings. The Morgan fingerprint density at radius 3 is 2.75 bits per heavy atom. The molecule has 3 rings (SSSR count). The number of halogens is 1. The molecule has 0 unspecified atom stereocenters. The van der Waals surface area contributed by atoms with Gasteiger partial charge in [0.15, 0.2) is 5.13 Å². The van der Waals surface area contributed by atoms with Crippen molar-refractivity contribution in [2.45, 2.75) is 6.42 Å². The summed E-state index contributed by atoms with van der Waals surface area (Å²) in [4.78, 5) is 16.3. The topological polar surface area (TPSA) is 56.2 Å². The SMILES string of the molecule is O=C(Cc1csc(-n2cccc2)n1)NCCOc1ccc(F)cc1. The number of benzene rings is 1. The van der Waals surface area contributed by atoms with E-state index in [1.165, 1.54) is 23.5 Å². The standard InChI is InChI=1S/C17H16FN3O2S/c18-13-3-5-15(6-4-13)23-10-7-19-16(22)11-14-12-24-17(20-14)21-8-1-2-9-21/h1-6,8-9,12H,7,10-11H2,(H,19,22). The predicted molar refractivity (Wildman–Crippen MR) is 90.0 cm³/mol. The molecule has 1 N–H and O–H groups in total. The average Bonchev–Trinajstić information content (AvgIpc) is 3.24. The monoisotopic (exact) mass is 345 g/mol. The van der Waals surface area contributed by atoms with Crippen LogP contribution in [0.1, 0.15) is 5.69 Å². The Morgan fingerprint density at radius 1 is 1.25 bits per heavy atom. The minimum atomic E-state index is -0.307. The van der Waals surface area contributed by atoms with E-state index in [-0.39, 0.29) is 18.1 Å². The molecule has 0 spiro atoms. The second-order valence-electron chi connectivity index (χ2n) is 5.04. The van der Waals surface area contributed by atoms with E-state index in [9.17, 15) is 9.18 Å². The lowest BCUT2D eigenvalue weighted by molar-refractivity contribution is -0.120. The van der Waals surface area contributed by atoms with Gasteiger partial charge in [-0.2, -0.15) is 0 Å². The van der Waals surface area contributed by atoms with Gasteiger partial charge in [-0.3, -0.25) is 4.79 Å². The van der Waals surface area contributed by atoms with E-state index >= 15 is 0 Å². The second kappa shape index (κ2) is 7.74. The molecule has 0 saturated carbocycles. The van der Waals surface area contributed by atoms with E-state index in [4.69, 9.17) is 4.74 Å². The maximum Gasteiger partial charge on any atom is 0.226 e. The van der Waals surface area contributed by atoms with E-state index in [0.29, 0.717) is 18.9 Å². The number of ether oxygens (including phenoxy) is 1. The van der Waals surface area contributed by atoms with Gasteiger partial charge in [0.2, 0.25) is 5.91 Å². The zero-order valence-electron chi connectivity index (χ0n) is 12.8. The van der Waals surface area contributed by atoms with Crippen LogP contribution in [0.4, 0.5) is 4.39 Å². The van der Waals surface area contributed by atoms with Gasteiger partial charge >= 0.3 is 0 Å². The second-order valence-corrected chi connectivity index (χ2v) is 5.88. The molecule has 2 aromatic heterocycles. The Hall–Kier alpha value is -2.67. The zero-order chi connectivity index (χ0) is 16.8. The van der Waals surface area contributed by atoms with Crippen molar-refractivity contribution in [3.05, 3.63) is 65.7 Å². The Bertz CT molecular complexity index is 785. The van der Waals surface area contributed by atoms with E-state index in [1.54, 1.807) is 12.1 Å². The highest BCUT2D eigenvalue weighted by Crippen LogP contribution is 2.15. The number of amides is 1. The number of rotatable bonds is 7. The minimum Gasteiger partial charge on any atom is -0.492 e. The maximum atomic E-state index is 12.8. The first-order valence-electron chi connectivity index (χ1n) is 7.43. The van der Waals surface area contributed by atoms with Crippen LogP contribution in [0.2, 0.25) is 0 Å². The highest BCUT2D eigenvalue weighted by Gasteiger charge is 2.08. The van der Waals surface area contributed by atoms with Gasteiger partial charge in [-0.1, -0.05) is 0 Å². The number of carbonyl (C=O) groups is 1. The van der Waals surface area contributed by atoms with E-state index in [2.05, 4.69) is 10.3 Å². The lowest BCUT2D eigenvalue weighted by Gasteiger charge is -2.07. The van der Waals surface area contributed by atoms with Crippen molar-refractivity contribution in [1.82, 2.24) is 14.9 Å². The predicted octanol–water partition coefficient (Wildman–Crippen LogP) is 2.81. The number of hydrogen-bond donors (Lipinski definition) is 1. The lowest BCUT2D eigenvalue weighted by Crippen LogP contribution is -2.29. The molecule has 1 aromatic carbocycles. The Balaban J connectivity index is 1.40. The van der Waals surface area contributed by atoms with Gasteiger partial charge in [0.25, 0.3) is 0 Å². The van der Waals surface area contributed by atoms with Crippen LogP contribution in [0.5, 0.6) is 5.75 Å². The van der Waals surface area contributed by atoms with Crippen molar-refractivity contribution in [2.75, 3.05) is 13.2 Å². The maximum absolute atomic E-state index is 12.8. The van der Waals surface area contributed by atoms with Crippen LogP contribution in [0.3, 0.4) is 0 Å². The number of carbonyl (C=O) groups excluding carboxylic acids is 1. The van der Waals surface area contributed by atoms with Gasteiger partial charge in [0, 0.05) is 17.8 Å². The van der Waals surface area contributed by atoms with Crippen LogP contribution >= 0.6 is 11.3 Å². The summed E-state index contributed by atoms with van der Waals surface area (Å²) in [6.07, 6.45) is 4.05. The highest BCUT2D eigenvalue weighted by molar-refractivity contribution is 7.12. The summed E-state index contributed by atoms with van der Waals surface area (Å²) >= 11 is 1.49. The summed E-state index contributed by atoms with van der Waals surface area (Å²) in [6.45, 7) is 0.702. The van der Waals surface area contributed by atoms with Crippen LogP contribution in [0, 0.1) is 5.82 Å². The third-order valence-electron chi connectivity index (χ3n) is 3.21. The molecule has 5 nitrogen and oxygen atoms in total. The molecule has 0 aliphatic heterocycles. The van der Waals surface area contributed by atoms with Gasteiger partial charge in [-0.25, -0.2) is 9.37 Å². The van der Waals surface area contributed by atoms with Crippen molar-refractivity contribution in [3.63, 3.8) is 0 Å². The fourth-order valence-corrected chi connectivity index (χ4v) is 2.87. The summed E-state index contributed by atoms with van der Waals surface area (Å²) < 4.78 is 20.1. The summed E-state index contributed by atoms with van der Waals surface area (Å²) in [5.41, 5.74) is 0.737. The summed E-state index contributed by atoms with van der Waals surface area (Å²) in [6, 6.07) is 9.62. The summed E-state index contributed by atoms with van der Waals surface area (Å²) in [7, 11) is 0. The van der Waals surface area contributed by atoms with Crippen molar-refractivity contribution in [2.24, 2.45) is 0 Å². The van der Waals surface area contributed by atoms with Crippen LogP contribution in [0.15, 0.2) is 54.2 Å². The molecule has 0 bridgehead atoms. The quantitative estimate of drug-likeness (QED) is 0.670. The van der Waals surface area contributed by atoms with Crippen molar-refractivity contribution >= 4 is 17.2 Å². The first-order chi connectivity index (χ1) is 11.7. The average molecular weight is 345 g/mol. The molecule has 1 amide bonds. The number of hydrogen-bond acceptors (Lipinski definition) is 4. The Morgan fingerprint density at radius 2 is 2.00 bits per heavy atom. The highest BCUT2D eigenvalue weighted by atomic mass is 32.1. The fourth-order valence-electron chi connectivity index (χ4n) is 2.08. The van der Waals surface area contributed by atoms with E-state index in [0.717, 1.165) is 10.8 Å². The molecule has 0 aliphatic rings. The fraction of sp³-hybridized carbons (Fsp3) is 0.176. The largest absolute Gasteiger partial charge is 0.492 e. The zero-order valence-corrected chi connectivity index (χ0v) is 13.6. The molecule has 2 heterocycles. The van der Waals surface area contributed by atoms with E-state index in [1.807, 2.05) is 34.5 Å². The van der Waals surface area contributed by atoms with Gasteiger partial charge in [-0.15, -0.1) is 11.3 Å². The van der Waals surface area contributed by atoms with Crippen molar-refractivity contribution in [1.29, 1.82) is 0 Å². The Labute approximate surface area is 142 Å². The van der Waals surface area contributed by atoms with Crippen LogP contribution in [0.25, 0.3) is 5.13 Å². The molecule has 124 valence electrons. The normalized spacial score (nSPS) is 10.5. The molecule has 24 heavy (non-hydrogen) atoms. The number of nitrogens with one attached hydrogen (secondary N) is 1. The van der Waals surface area contributed by atoms with Crippen molar-refractivity contribution in [3.8, 4) is 10.9 Å². The van der Waals surface area contributed by atoms with Gasteiger partial charge in [0.1, 0.15) is 18.2 Å². The molecule has 7 heteroatoms. The van der Waals surface area contributed by atoms with Gasteiger partial charge in [-0.05, 0) is 36.4 Å². The number of thiazole rings is 1. The molecule has 0 radical (unpaired) electrons. The minimum absolute atomic E-state index is 0.109. The molecule has 0 atom stereocenters. The third kappa shape index (κ3) is 4.42. The number of nitrogens with zero attached hydrogens (tertiary/aromatic N) is 2. The van der Waals surface area contributed by atoms with E-state index < -0.39 is 0 Å². The summed E-state index contributed by atoms with van der Waals surface area (Å²) in [5, 5.41) is 5.49. The molecule has 3 aromatic rings. The van der Waals surface area contributed by atoms with Crippen LogP contribution in [-0.2, 0) is 11.2 Å². The van der Waals surface area contributed by atoms with Crippen molar-refractivity contribution < 1.29 is 13.9 Å². The lowest BCUT2D eigenvalue weighted by atomic mass is 10.3.